The molecule has 2 aromatic rings. The first-order chi connectivity index (χ1) is 15.4. The lowest BCUT2D eigenvalue weighted by Gasteiger charge is -2.12. The molecule has 174 valence electrons. The van der Waals surface area contributed by atoms with E-state index in [0.29, 0.717) is 0 Å². The number of anilines is 2. The van der Waals surface area contributed by atoms with Crippen LogP contribution in [0.3, 0.4) is 0 Å². The summed E-state index contributed by atoms with van der Waals surface area (Å²) in [5, 5.41) is 5.74. The number of ether oxygens (including phenoxy) is 2. The number of carbonyl (C=O) groups excluding carboxylic acids is 2. The molecule has 0 radical (unpaired) electrons. The normalized spacial score (nSPS) is 10.5. The van der Waals surface area contributed by atoms with E-state index in [1.165, 1.54) is 13.8 Å². The van der Waals surface area contributed by atoms with E-state index in [1.807, 2.05) is 58.0 Å². The number of nitrogens with one attached hydrogen (secondary N) is 2. The van der Waals surface area contributed by atoms with Gasteiger partial charge in [-0.1, -0.05) is 21.6 Å². The summed E-state index contributed by atoms with van der Waals surface area (Å²) in [6.07, 6.45) is 0. The Kier molecular flexibility index (Phi) is 12.1. The van der Waals surface area contributed by atoms with Crippen LogP contribution in [-0.2, 0) is 9.59 Å². The molecular weight excluding hydrogens is 485 g/mol. The van der Waals surface area contributed by atoms with Gasteiger partial charge < -0.3 is 20.1 Å². The maximum Gasteiger partial charge on any atom is 0.221 e. The standard InChI is InChI=1S/C22H28N2O4S4/c1-15(25)23-19-7-5-17(27-3)13-21(19)29-9-11-31-32-12-10-30-22-14-18(28-4)6-8-20(22)24-16(2)26/h5-8,13-14H,9-12H2,1-4H3,(H,23,25)(H,24,26). The zero-order chi connectivity index (χ0) is 23.3. The van der Waals surface area contributed by atoms with Crippen molar-refractivity contribution in [3.8, 4) is 11.5 Å². The number of carbonyl (C=O) groups is 2. The predicted molar refractivity (Wildman–Crippen MR) is 141 cm³/mol. The Morgan fingerprint density at radius 1 is 0.719 bits per heavy atom. The van der Waals surface area contributed by atoms with Crippen LogP contribution in [0, 0.1) is 0 Å². The molecule has 0 aromatic heterocycles. The van der Waals surface area contributed by atoms with E-state index in [9.17, 15) is 9.59 Å². The van der Waals surface area contributed by atoms with Crippen LogP contribution in [0.15, 0.2) is 46.2 Å². The van der Waals surface area contributed by atoms with Crippen molar-refractivity contribution in [2.24, 2.45) is 0 Å². The highest BCUT2D eigenvalue weighted by Gasteiger charge is 2.08. The fraction of sp³-hybridized carbons (Fsp3) is 0.364. The average molecular weight is 513 g/mol. The van der Waals surface area contributed by atoms with Crippen molar-refractivity contribution in [3.63, 3.8) is 0 Å². The van der Waals surface area contributed by atoms with E-state index in [0.717, 1.165) is 55.7 Å². The summed E-state index contributed by atoms with van der Waals surface area (Å²) in [4.78, 5) is 24.8. The van der Waals surface area contributed by atoms with Gasteiger partial charge in [-0.15, -0.1) is 23.5 Å². The molecule has 0 aliphatic carbocycles. The van der Waals surface area contributed by atoms with E-state index in [4.69, 9.17) is 9.47 Å². The summed E-state index contributed by atoms with van der Waals surface area (Å²) in [7, 11) is 6.93. The summed E-state index contributed by atoms with van der Waals surface area (Å²) >= 11 is 3.41. The Labute approximate surface area is 206 Å². The van der Waals surface area contributed by atoms with Gasteiger partial charge in [-0.05, 0) is 36.4 Å². The zero-order valence-corrected chi connectivity index (χ0v) is 21.8. The second-order valence-electron chi connectivity index (χ2n) is 6.43. The molecule has 6 nitrogen and oxygen atoms in total. The van der Waals surface area contributed by atoms with Gasteiger partial charge in [0.1, 0.15) is 11.5 Å². The second kappa shape index (κ2) is 14.5. The van der Waals surface area contributed by atoms with Crippen molar-refractivity contribution >= 4 is 68.3 Å². The lowest BCUT2D eigenvalue weighted by molar-refractivity contribution is -0.115. The molecule has 10 heteroatoms. The number of thioether (sulfide) groups is 2. The van der Waals surface area contributed by atoms with Crippen LogP contribution in [-0.4, -0.2) is 49.0 Å². The van der Waals surface area contributed by atoms with Crippen molar-refractivity contribution in [1.82, 2.24) is 0 Å². The second-order valence-corrected chi connectivity index (χ2v) is 11.4. The molecule has 32 heavy (non-hydrogen) atoms. The quantitative estimate of drug-likeness (QED) is 0.196. The van der Waals surface area contributed by atoms with Crippen molar-refractivity contribution in [1.29, 1.82) is 0 Å². The summed E-state index contributed by atoms with van der Waals surface area (Å²) in [5.74, 6) is 5.18. The van der Waals surface area contributed by atoms with Crippen molar-refractivity contribution in [2.45, 2.75) is 23.6 Å². The maximum atomic E-state index is 11.4. The summed E-state index contributed by atoms with van der Waals surface area (Å²) in [5.41, 5.74) is 1.62. The van der Waals surface area contributed by atoms with Crippen molar-refractivity contribution < 1.29 is 19.1 Å². The van der Waals surface area contributed by atoms with Crippen LogP contribution >= 0.6 is 45.1 Å². The van der Waals surface area contributed by atoms with E-state index < -0.39 is 0 Å². The van der Waals surface area contributed by atoms with Crippen LogP contribution in [0.5, 0.6) is 11.5 Å². The monoisotopic (exact) mass is 512 g/mol. The van der Waals surface area contributed by atoms with Crippen molar-refractivity contribution in [2.75, 3.05) is 47.9 Å². The Balaban J connectivity index is 1.73. The molecule has 2 rings (SSSR count). The van der Waals surface area contributed by atoms with Crippen LogP contribution in [0.4, 0.5) is 11.4 Å². The minimum Gasteiger partial charge on any atom is -0.497 e. The first-order valence-electron chi connectivity index (χ1n) is 9.84. The number of rotatable bonds is 13. The number of benzene rings is 2. The van der Waals surface area contributed by atoms with Gasteiger partial charge in [0, 0.05) is 46.6 Å². The molecule has 0 fully saturated rings. The Bertz CT molecular complexity index is 838. The van der Waals surface area contributed by atoms with Crippen LogP contribution in [0.1, 0.15) is 13.8 Å². The highest BCUT2D eigenvalue weighted by Crippen LogP contribution is 2.35. The Morgan fingerprint density at radius 3 is 1.47 bits per heavy atom. The van der Waals surface area contributed by atoms with Crippen LogP contribution < -0.4 is 20.1 Å². The molecule has 2 N–H and O–H groups in total. The number of hydrogen-bond donors (Lipinski definition) is 2. The Morgan fingerprint density at radius 2 is 1.12 bits per heavy atom. The fourth-order valence-electron chi connectivity index (χ4n) is 2.57. The molecular formula is C22H28N2O4S4. The van der Waals surface area contributed by atoms with E-state index >= 15 is 0 Å². The lowest BCUT2D eigenvalue weighted by atomic mass is 10.3. The van der Waals surface area contributed by atoms with Gasteiger partial charge in [0.2, 0.25) is 11.8 Å². The number of hydrogen-bond acceptors (Lipinski definition) is 8. The van der Waals surface area contributed by atoms with Gasteiger partial charge in [-0.25, -0.2) is 0 Å². The molecule has 0 unspecified atom stereocenters. The highest BCUT2D eigenvalue weighted by atomic mass is 33.1. The zero-order valence-electron chi connectivity index (χ0n) is 18.6. The molecule has 0 aliphatic rings. The molecule has 0 aliphatic heterocycles. The van der Waals surface area contributed by atoms with E-state index in [1.54, 1.807) is 37.7 Å². The number of amides is 2. The topological polar surface area (TPSA) is 76.7 Å². The van der Waals surface area contributed by atoms with Gasteiger partial charge in [-0.3, -0.25) is 9.59 Å². The molecule has 0 bridgehead atoms. The van der Waals surface area contributed by atoms with Crippen LogP contribution in [0.25, 0.3) is 0 Å². The molecule has 0 atom stereocenters. The molecule has 0 saturated carbocycles. The lowest BCUT2D eigenvalue weighted by Crippen LogP contribution is -2.07. The summed E-state index contributed by atoms with van der Waals surface area (Å²) in [6.45, 7) is 3.02. The van der Waals surface area contributed by atoms with Gasteiger partial charge in [0.05, 0.1) is 25.6 Å². The molecule has 2 aromatic carbocycles. The first kappa shape index (κ1) is 26.6. The fourth-order valence-corrected chi connectivity index (χ4v) is 7.34. The third-order valence-corrected chi connectivity index (χ3v) is 8.97. The number of methoxy groups -OCH3 is 2. The van der Waals surface area contributed by atoms with Gasteiger partial charge in [0.25, 0.3) is 0 Å². The van der Waals surface area contributed by atoms with Gasteiger partial charge in [0.15, 0.2) is 0 Å². The van der Waals surface area contributed by atoms with Gasteiger partial charge in [-0.2, -0.15) is 0 Å². The smallest absolute Gasteiger partial charge is 0.221 e. The summed E-state index contributed by atoms with van der Waals surface area (Å²) in [6, 6.07) is 11.3. The third-order valence-electron chi connectivity index (χ3n) is 3.93. The molecule has 0 saturated heterocycles. The highest BCUT2D eigenvalue weighted by molar-refractivity contribution is 8.76. The predicted octanol–water partition coefficient (Wildman–Crippen LogP) is 5.89. The maximum absolute atomic E-state index is 11.4. The average Bonchev–Trinajstić information content (AvgIpc) is 2.76. The molecule has 0 spiro atoms. The van der Waals surface area contributed by atoms with E-state index in [2.05, 4.69) is 10.6 Å². The summed E-state index contributed by atoms with van der Waals surface area (Å²) < 4.78 is 10.6. The van der Waals surface area contributed by atoms with Gasteiger partial charge >= 0.3 is 0 Å². The van der Waals surface area contributed by atoms with E-state index in [-0.39, 0.29) is 11.8 Å². The minimum atomic E-state index is -0.0860. The molecule has 0 heterocycles. The van der Waals surface area contributed by atoms with Crippen molar-refractivity contribution in [3.05, 3.63) is 36.4 Å². The molecule has 2 amide bonds. The minimum absolute atomic E-state index is 0.0860. The first-order valence-corrected chi connectivity index (χ1v) is 14.3. The third kappa shape index (κ3) is 9.48. The Hall–Kier alpha value is -1.62. The van der Waals surface area contributed by atoms with Crippen LogP contribution in [0.2, 0.25) is 0 Å². The largest absolute Gasteiger partial charge is 0.497 e. The SMILES string of the molecule is COc1ccc(NC(C)=O)c(SCCSSCCSc2cc(OC)ccc2NC(C)=O)c1.